The van der Waals surface area contributed by atoms with E-state index in [4.69, 9.17) is 14.6 Å². The van der Waals surface area contributed by atoms with Crippen LogP contribution in [0, 0.1) is 0 Å². The summed E-state index contributed by atoms with van der Waals surface area (Å²) < 4.78 is 10.9. The molecule has 0 spiro atoms. The molecule has 0 radical (unpaired) electrons. The molecule has 2 aromatic carbocycles. The van der Waals surface area contributed by atoms with E-state index in [0.717, 1.165) is 56.0 Å². The molecule has 2 aliphatic rings. The summed E-state index contributed by atoms with van der Waals surface area (Å²) in [6.45, 7) is 3.35. The second-order valence-electron chi connectivity index (χ2n) is 9.38. The lowest BCUT2D eigenvalue weighted by atomic mass is 9.77. The van der Waals surface area contributed by atoms with Crippen LogP contribution < -0.4 is 14.8 Å². The first-order valence-electron chi connectivity index (χ1n) is 12.2. The Bertz CT molecular complexity index is 1060. The van der Waals surface area contributed by atoms with Crippen molar-refractivity contribution in [2.45, 2.75) is 38.1 Å². The number of nitrogens with zero attached hydrogens (tertiary/aromatic N) is 2. The monoisotopic (exact) mass is 517 g/mol. The second kappa shape index (κ2) is 12.3. The fraction of sp³-hybridized carbons (Fsp3) is 0.481. The number of carbonyl (C=O) groups excluding carboxylic acids is 1. The number of nitrogens with one attached hydrogen (secondary N) is 1. The van der Waals surface area contributed by atoms with Gasteiger partial charge in [0.25, 0.3) is 0 Å². The number of fused-ring (bicyclic) bond motifs is 2. The molecule has 1 aliphatic carbocycles. The SMILES string of the molecule is COc1cc2c(cc1OC)CCN(C(=O)CCNCC1Cc3cc(CN(C)C(=O)O)ccc31)CC2.Cl. The number of benzene rings is 2. The molecule has 4 rings (SSSR count). The largest absolute Gasteiger partial charge is 0.493 e. The lowest BCUT2D eigenvalue weighted by Crippen LogP contribution is -2.36. The van der Waals surface area contributed by atoms with Crippen molar-refractivity contribution < 1.29 is 24.2 Å². The molecule has 2 amide bonds. The Morgan fingerprint density at radius 2 is 1.69 bits per heavy atom. The maximum Gasteiger partial charge on any atom is 0.407 e. The van der Waals surface area contributed by atoms with Gasteiger partial charge in [0.15, 0.2) is 11.5 Å². The smallest absolute Gasteiger partial charge is 0.407 e. The molecule has 2 N–H and O–H groups in total. The van der Waals surface area contributed by atoms with Gasteiger partial charge in [0.05, 0.1) is 14.2 Å². The van der Waals surface area contributed by atoms with Crippen LogP contribution in [0.3, 0.4) is 0 Å². The van der Waals surface area contributed by atoms with Crippen LogP contribution in [0.15, 0.2) is 30.3 Å². The zero-order valence-corrected chi connectivity index (χ0v) is 22.0. The van der Waals surface area contributed by atoms with Crippen molar-refractivity contribution >= 4 is 24.4 Å². The van der Waals surface area contributed by atoms with Gasteiger partial charge in [-0.05, 0) is 59.2 Å². The Morgan fingerprint density at radius 1 is 1.06 bits per heavy atom. The number of ether oxygens (including phenoxy) is 2. The summed E-state index contributed by atoms with van der Waals surface area (Å²) in [4.78, 5) is 27.1. The highest BCUT2D eigenvalue weighted by Crippen LogP contribution is 2.35. The molecule has 9 heteroatoms. The van der Waals surface area contributed by atoms with Crippen molar-refractivity contribution in [3.8, 4) is 11.5 Å². The van der Waals surface area contributed by atoms with Crippen LogP contribution >= 0.6 is 12.4 Å². The maximum absolute atomic E-state index is 12.8. The highest BCUT2D eigenvalue weighted by atomic mass is 35.5. The molecule has 8 nitrogen and oxygen atoms in total. The number of carboxylic acid groups (broad SMARTS) is 1. The second-order valence-corrected chi connectivity index (χ2v) is 9.38. The third kappa shape index (κ3) is 6.23. The fourth-order valence-electron chi connectivity index (χ4n) is 5.03. The number of halogens is 1. The van der Waals surface area contributed by atoms with Crippen molar-refractivity contribution in [1.29, 1.82) is 0 Å². The Balaban J connectivity index is 0.00000361. The van der Waals surface area contributed by atoms with Crippen LogP contribution in [0.5, 0.6) is 11.5 Å². The summed E-state index contributed by atoms with van der Waals surface area (Å²) in [5, 5.41) is 12.5. The highest BCUT2D eigenvalue weighted by molar-refractivity contribution is 5.85. The van der Waals surface area contributed by atoms with Crippen LogP contribution in [-0.4, -0.2) is 74.4 Å². The van der Waals surface area contributed by atoms with Crippen molar-refractivity contribution in [3.63, 3.8) is 0 Å². The summed E-state index contributed by atoms with van der Waals surface area (Å²) >= 11 is 0. The van der Waals surface area contributed by atoms with E-state index in [9.17, 15) is 9.59 Å². The minimum Gasteiger partial charge on any atom is -0.493 e. The molecule has 0 aromatic heterocycles. The van der Waals surface area contributed by atoms with E-state index in [2.05, 4.69) is 17.4 Å². The molecule has 196 valence electrons. The molecule has 36 heavy (non-hydrogen) atoms. The van der Waals surface area contributed by atoms with Gasteiger partial charge < -0.3 is 29.7 Å². The minimum absolute atomic E-state index is 0. The molecular weight excluding hydrogens is 482 g/mol. The van der Waals surface area contributed by atoms with E-state index in [1.165, 1.54) is 27.2 Å². The predicted molar refractivity (Wildman–Crippen MR) is 141 cm³/mol. The standard InChI is InChI=1S/C27H35N3O5.ClH/c1-29(27(32)33)17-18-4-5-23-21(12-18)13-22(23)16-28-9-6-26(31)30-10-7-19-14-24(34-2)25(35-3)15-20(19)8-11-30;/h4-5,12,14-15,22,28H,6-11,13,16-17H2,1-3H3,(H,32,33);1H. The Hall–Kier alpha value is -2.97. The normalized spacial score (nSPS) is 16.0. The van der Waals surface area contributed by atoms with E-state index in [-0.39, 0.29) is 18.3 Å². The molecule has 2 aromatic rings. The Labute approximate surface area is 219 Å². The van der Waals surface area contributed by atoms with Crippen molar-refractivity contribution in [2.75, 3.05) is 47.4 Å². The van der Waals surface area contributed by atoms with Crippen molar-refractivity contribution in [3.05, 3.63) is 58.1 Å². The maximum atomic E-state index is 12.8. The fourth-order valence-corrected chi connectivity index (χ4v) is 5.03. The van der Waals surface area contributed by atoms with Gasteiger partial charge >= 0.3 is 6.09 Å². The Kier molecular flexibility index (Phi) is 9.45. The lowest BCUT2D eigenvalue weighted by Gasteiger charge is -2.31. The minimum atomic E-state index is -0.922. The van der Waals surface area contributed by atoms with Crippen LogP contribution in [0.25, 0.3) is 0 Å². The molecule has 1 atom stereocenters. The number of carbonyl (C=O) groups is 2. The van der Waals surface area contributed by atoms with Gasteiger partial charge in [-0.1, -0.05) is 18.2 Å². The summed E-state index contributed by atoms with van der Waals surface area (Å²) in [5.74, 6) is 2.10. The third-order valence-electron chi connectivity index (χ3n) is 7.13. The van der Waals surface area contributed by atoms with Gasteiger partial charge in [0.1, 0.15) is 0 Å². The molecule has 0 saturated carbocycles. The van der Waals surface area contributed by atoms with E-state index < -0.39 is 6.09 Å². The topological polar surface area (TPSA) is 91.3 Å². The van der Waals surface area contributed by atoms with Gasteiger partial charge in [0, 0.05) is 52.1 Å². The van der Waals surface area contributed by atoms with Gasteiger partial charge in [-0.3, -0.25) is 4.79 Å². The lowest BCUT2D eigenvalue weighted by molar-refractivity contribution is -0.131. The zero-order chi connectivity index (χ0) is 24.9. The van der Waals surface area contributed by atoms with E-state index >= 15 is 0 Å². The quantitative estimate of drug-likeness (QED) is 0.495. The first-order valence-corrected chi connectivity index (χ1v) is 12.2. The average molecular weight is 518 g/mol. The summed E-state index contributed by atoms with van der Waals surface area (Å²) in [6.07, 6.45) is 2.19. The molecule has 0 saturated heterocycles. The van der Waals surface area contributed by atoms with E-state index in [1.54, 1.807) is 21.3 Å². The van der Waals surface area contributed by atoms with E-state index in [0.29, 0.717) is 25.4 Å². The first-order chi connectivity index (χ1) is 16.9. The molecule has 1 aliphatic heterocycles. The van der Waals surface area contributed by atoms with Crippen molar-refractivity contribution in [2.24, 2.45) is 0 Å². The van der Waals surface area contributed by atoms with Crippen LogP contribution in [-0.2, 0) is 30.6 Å². The van der Waals surface area contributed by atoms with Gasteiger partial charge in [-0.15, -0.1) is 12.4 Å². The number of amides is 2. The van der Waals surface area contributed by atoms with Crippen LogP contribution in [0.4, 0.5) is 4.79 Å². The van der Waals surface area contributed by atoms with Crippen molar-refractivity contribution in [1.82, 2.24) is 15.1 Å². The van der Waals surface area contributed by atoms with Gasteiger partial charge in [0.2, 0.25) is 5.91 Å². The summed E-state index contributed by atoms with van der Waals surface area (Å²) in [6, 6.07) is 10.3. The average Bonchev–Trinajstić information content (AvgIpc) is 3.05. The number of methoxy groups -OCH3 is 2. The summed E-state index contributed by atoms with van der Waals surface area (Å²) in [5.41, 5.74) is 6.07. The molecule has 1 heterocycles. The predicted octanol–water partition coefficient (Wildman–Crippen LogP) is 3.48. The summed E-state index contributed by atoms with van der Waals surface area (Å²) in [7, 11) is 4.86. The first kappa shape index (κ1) is 27.6. The van der Waals surface area contributed by atoms with Gasteiger partial charge in [-0.25, -0.2) is 4.79 Å². The molecular formula is C27H36ClN3O5. The third-order valence-corrected chi connectivity index (χ3v) is 7.13. The number of rotatable bonds is 9. The molecule has 0 bridgehead atoms. The molecule has 1 unspecified atom stereocenters. The zero-order valence-electron chi connectivity index (χ0n) is 21.2. The van der Waals surface area contributed by atoms with Gasteiger partial charge in [-0.2, -0.15) is 0 Å². The number of hydrogen-bond donors (Lipinski definition) is 2. The number of hydrogen-bond acceptors (Lipinski definition) is 5. The Morgan fingerprint density at radius 3 is 2.25 bits per heavy atom. The molecule has 0 fully saturated rings. The highest BCUT2D eigenvalue weighted by Gasteiger charge is 2.26. The van der Waals surface area contributed by atoms with Crippen LogP contribution in [0.1, 0.15) is 40.2 Å². The van der Waals surface area contributed by atoms with Crippen LogP contribution in [0.2, 0.25) is 0 Å². The van der Waals surface area contributed by atoms with E-state index in [1.807, 2.05) is 23.1 Å².